The van der Waals surface area contributed by atoms with Crippen molar-refractivity contribution >= 4 is 22.7 Å². The Bertz CT molecular complexity index is 973. The number of rotatable bonds is 4. The molecule has 0 saturated heterocycles. The Kier molecular flexibility index (Phi) is 3.93. The molecule has 1 aliphatic carbocycles. The summed E-state index contributed by atoms with van der Waals surface area (Å²) in [5.41, 5.74) is 4.76. The fraction of sp³-hybridized carbons (Fsp3) is 0.300. The van der Waals surface area contributed by atoms with Crippen molar-refractivity contribution in [3.05, 3.63) is 69.5 Å². The van der Waals surface area contributed by atoms with E-state index in [1.54, 1.807) is 11.8 Å². The second-order valence-electron chi connectivity index (χ2n) is 6.54. The van der Waals surface area contributed by atoms with Crippen molar-refractivity contribution in [1.82, 2.24) is 9.55 Å². The van der Waals surface area contributed by atoms with Crippen LogP contribution < -0.4 is 5.56 Å². The summed E-state index contributed by atoms with van der Waals surface area (Å²) in [5.74, 6) is 0.838. The molecule has 3 nitrogen and oxygen atoms in total. The molecular weight excluding hydrogens is 316 g/mol. The van der Waals surface area contributed by atoms with Crippen LogP contribution in [0.5, 0.6) is 0 Å². The maximum atomic E-state index is 12.9. The van der Waals surface area contributed by atoms with E-state index in [1.165, 1.54) is 16.7 Å². The quantitative estimate of drug-likeness (QED) is 0.514. The topological polar surface area (TPSA) is 34.9 Å². The molecular formula is C20H20N2OS. The van der Waals surface area contributed by atoms with Crippen LogP contribution in [0.3, 0.4) is 0 Å². The summed E-state index contributed by atoms with van der Waals surface area (Å²) in [6.45, 7) is 4.25. The molecule has 3 aromatic rings. The predicted molar refractivity (Wildman–Crippen MR) is 99.8 cm³/mol. The molecule has 1 saturated carbocycles. The lowest BCUT2D eigenvalue weighted by Crippen LogP contribution is -2.22. The molecule has 1 aromatic heterocycles. The number of benzene rings is 2. The van der Waals surface area contributed by atoms with Gasteiger partial charge in [-0.3, -0.25) is 9.36 Å². The molecule has 4 heteroatoms. The first kappa shape index (κ1) is 15.5. The summed E-state index contributed by atoms with van der Waals surface area (Å²) in [6.07, 6.45) is 2.16. The summed E-state index contributed by atoms with van der Waals surface area (Å²) in [6, 6.07) is 14.5. The fourth-order valence-electron chi connectivity index (χ4n) is 2.98. The van der Waals surface area contributed by atoms with Crippen LogP contribution in [0, 0.1) is 13.8 Å². The van der Waals surface area contributed by atoms with Crippen LogP contribution >= 0.6 is 11.8 Å². The van der Waals surface area contributed by atoms with Gasteiger partial charge in [0.15, 0.2) is 5.16 Å². The summed E-state index contributed by atoms with van der Waals surface area (Å²) in [4.78, 5) is 17.7. The van der Waals surface area contributed by atoms with Gasteiger partial charge in [-0.25, -0.2) is 4.98 Å². The number of thioether (sulfide) groups is 1. The molecule has 122 valence electrons. The van der Waals surface area contributed by atoms with Gasteiger partial charge >= 0.3 is 0 Å². The van der Waals surface area contributed by atoms with Gasteiger partial charge < -0.3 is 0 Å². The highest BCUT2D eigenvalue weighted by Crippen LogP contribution is 2.37. The van der Waals surface area contributed by atoms with Gasteiger partial charge in [0, 0.05) is 11.8 Å². The van der Waals surface area contributed by atoms with Crippen molar-refractivity contribution in [2.45, 2.75) is 43.6 Å². The van der Waals surface area contributed by atoms with Crippen LogP contribution in [-0.4, -0.2) is 9.55 Å². The largest absolute Gasteiger partial charge is 0.284 e. The van der Waals surface area contributed by atoms with Crippen molar-refractivity contribution in [2.24, 2.45) is 0 Å². The molecule has 4 rings (SSSR count). The second kappa shape index (κ2) is 6.10. The van der Waals surface area contributed by atoms with Crippen molar-refractivity contribution in [3.63, 3.8) is 0 Å². The highest BCUT2D eigenvalue weighted by Gasteiger charge is 2.28. The minimum atomic E-state index is 0.103. The van der Waals surface area contributed by atoms with Crippen LogP contribution in [0.1, 0.15) is 35.6 Å². The predicted octanol–water partition coefficient (Wildman–Crippen LogP) is 4.64. The van der Waals surface area contributed by atoms with E-state index < -0.39 is 0 Å². The smallest absolute Gasteiger partial charge is 0.262 e. The van der Waals surface area contributed by atoms with Gasteiger partial charge in [0.05, 0.1) is 10.9 Å². The minimum absolute atomic E-state index is 0.103. The molecule has 0 bridgehead atoms. The van der Waals surface area contributed by atoms with Crippen molar-refractivity contribution in [2.75, 3.05) is 0 Å². The molecule has 2 aromatic carbocycles. The third kappa shape index (κ3) is 2.86. The average molecular weight is 336 g/mol. The van der Waals surface area contributed by atoms with E-state index >= 15 is 0 Å². The highest BCUT2D eigenvalue weighted by molar-refractivity contribution is 7.98. The van der Waals surface area contributed by atoms with E-state index in [0.717, 1.165) is 34.7 Å². The first-order valence-electron chi connectivity index (χ1n) is 8.33. The lowest BCUT2D eigenvalue weighted by atomic mass is 10.1. The van der Waals surface area contributed by atoms with Gasteiger partial charge in [0.25, 0.3) is 5.56 Å². The maximum absolute atomic E-state index is 12.9. The van der Waals surface area contributed by atoms with Gasteiger partial charge in [-0.15, -0.1) is 0 Å². The highest BCUT2D eigenvalue weighted by atomic mass is 32.2. The molecule has 1 heterocycles. The van der Waals surface area contributed by atoms with Gasteiger partial charge in [-0.05, 0) is 49.9 Å². The van der Waals surface area contributed by atoms with Crippen molar-refractivity contribution in [1.29, 1.82) is 0 Å². The fourth-order valence-corrected chi connectivity index (χ4v) is 4.11. The number of aromatic nitrogens is 2. The second-order valence-corrected chi connectivity index (χ2v) is 7.48. The molecule has 0 N–H and O–H groups in total. The van der Waals surface area contributed by atoms with E-state index in [0.29, 0.717) is 6.04 Å². The SMILES string of the molecule is Cc1ccc(C)c(CSc2nc3ccccc3c(=O)n2C2CC2)c1. The standard InChI is InChI=1S/C20H20N2OS/c1-13-7-8-14(2)15(11-13)12-24-20-21-18-6-4-3-5-17(18)19(23)22(20)16-9-10-16/h3-8,11,16H,9-10,12H2,1-2H3. The van der Waals surface area contributed by atoms with E-state index in [4.69, 9.17) is 4.98 Å². The van der Waals surface area contributed by atoms with Crippen molar-refractivity contribution < 1.29 is 0 Å². The molecule has 1 aliphatic rings. The zero-order chi connectivity index (χ0) is 16.7. The molecule has 0 radical (unpaired) electrons. The Morgan fingerprint density at radius 1 is 1.17 bits per heavy atom. The van der Waals surface area contributed by atoms with E-state index in [1.807, 2.05) is 28.8 Å². The third-order valence-corrected chi connectivity index (χ3v) is 5.55. The maximum Gasteiger partial charge on any atom is 0.262 e. The summed E-state index contributed by atoms with van der Waals surface area (Å²) in [5, 5.41) is 1.57. The van der Waals surface area contributed by atoms with Gasteiger partial charge in [0.2, 0.25) is 0 Å². The minimum Gasteiger partial charge on any atom is -0.284 e. The molecule has 24 heavy (non-hydrogen) atoms. The van der Waals surface area contributed by atoms with E-state index in [-0.39, 0.29) is 5.56 Å². The molecule has 0 unspecified atom stereocenters. The number of fused-ring (bicyclic) bond motifs is 1. The molecule has 0 atom stereocenters. The Labute approximate surface area is 145 Å². The number of hydrogen-bond donors (Lipinski definition) is 0. The van der Waals surface area contributed by atoms with Crippen LogP contribution in [0.4, 0.5) is 0 Å². The van der Waals surface area contributed by atoms with Crippen LogP contribution in [-0.2, 0) is 5.75 Å². The van der Waals surface area contributed by atoms with Gasteiger partial charge in [0.1, 0.15) is 0 Å². The summed E-state index contributed by atoms with van der Waals surface area (Å²) < 4.78 is 1.91. The Balaban J connectivity index is 1.74. The van der Waals surface area contributed by atoms with E-state index in [2.05, 4.69) is 32.0 Å². The number of hydrogen-bond acceptors (Lipinski definition) is 3. The van der Waals surface area contributed by atoms with Gasteiger partial charge in [-0.2, -0.15) is 0 Å². The lowest BCUT2D eigenvalue weighted by Gasteiger charge is -2.13. The summed E-state index contributed by atoms with van der Waals surface area (Å²) >= 11 is 1.67. The molecule has 1 fully saturated rings. The monoisotopic (exact) mass is 336 g/mol. The Morgan fingerprint density at radius 2 is 1.96 bits per heavy atom. The zero-order valence-corrected chi connectivity index (χ0v) is 14.8. The number of aryl methyl sites for hydroxylation is 2. The van der Waals surface area contributed by atoms with E-state index in [9.17, 15) is 4.79 Å². The van der Waals surface area contributed by atoms with Crippen molar-refractivity contribution in [3.8, 4) is 0 Å². The van der Waals surface area contributed by atoms with Crippen LogP contribution in [0.15, 0.2) is 52.4 Å². The third-order valence-electron chi connectivity index (χ3n) is 4.55. The van der Waals surface area contributed by atoms with Crippen LogP contribution in [0.2, 0.25) is 0 Å². The average Bonchev–Trinajstić information content (AvgIpc) is 3.40. The molecule has 0 aliphatic heterocycles. The normalized spacial score (nSPS) is 14.2. The first-order chi connectivity index (χ1) is 11.6. The number of para-hydroxylation sites is 1. The number of nitrogens with zero attached hydrogens (tertiary/aromatic N) is 2. The molecule has 0 amide bonds. The first-order valence-corrected chi connectivity index (χ1v) is 9.32. The Hall–Kier alpha value is -2.07. The molecule has 0 spiro atoms. The van der Waals surface area contributed by atoms with Gasteiger partial charge in [-0.1, -0.05) is 47.7 Å². The lowest BCUT2D eigenvalue weighted by molar-refractivity contribution is 0.618. The van der Waals surface area contributed by atoms with Crippen LogP contribution in [0.25, 0.3) is 10.9 Å². The Morgan fingerprint density at radius 3 is 2.75 bits per heavy atom. The zero-order valence-electron chi connectivity index (χ0n) is 14.0. The summed E-state index contributed by atoms with van der Waals surface area (Å²) in [7, 11) is 0.